The summed E-state index contributed by atoms with van der Waals surface area (Å²) >= 11 is 6.26. The Morgan fingerprint density at radius 1 is 1.31 bits per heavy atom. The fourth-order valence-corrected chi connectivity index (χ4v) is 6.48. The van der Waals surface area contributed by atoms with E-state index in [1.54, 1.807) is 12.0 Å². The number of methoxy groups -OCH3 is 1. The van der Waals surface area contributed by atoms with Crippen molar-refractivity contribution in [1.82, 2.24) is 10.2 Å². The van der Waals surface area contributed by atoms with Crippen molar-refractivity contribution in [3.05, 3.63) is 34.3 Å². The smallest absolute Gasteiger partial charge is 0.231 e. The Labute approximate surface area is 220 Å². The molecular formula is C28H41ClN4O3. The molecule has 36 heavy (non-hydrogen) atoms. The van der Waals surface area contributed by atoms with E-state index in [1.165, 1.54) is 5.56 Å². The molecule has 1 aromatic carbocycles. The van der Waals surface area contributed by atoms with Crippen molar-refractivity contribution < 1.29 is 14.3 Å². The number of carbonyl (C=O) groups is 2. The molecule has 1 saturated carbocycles. The molecule has 198 valence electrons. The van der Waals surface area contributed by atoms with E-state index >= 15 is 0 Å². The fourth-order valence-electron chi connectivity index (χ4n) is 6.28. The van der Waals surface area contributed by atoms with Crippen LogP contribution in [-0.2, 0) is 20.7 Å². The summed E-state index contributed by atoms with van der Waals surface area (Å²) in [7, 11) is 1.65. The first-order valence-corrected chi connectivity index (χ1v) is 13.7. The summed E-state index contributed by atoms with van der Waals surface area (Å²) in [5, 5.41) is 4.05. The van der Waals surface area contributed by atoms with Crippen LogP contribution in [-0.4, -0.2) is 48.0 Å². The van der Waals surface area contributed by atoms with Crippen molar-refractivity contribution in [1.29, 1.82) is 0 Å². The average molecular weight is 517 g/mol. The Kier molecular flexibility index (Phi) is 7.73. The number of nitrogens with zero attached hydrogens (tertiary/aromatic N) is 2. The van der Waals surface area contributed by atoms with Gasteiger partial charge in [-0.3, -0.25) is 14.5 Å². The first-order valence-electron chi connectivity index (χ1n) is 13.3. The molecule has 2 aliphatic carbocycles. The largest absolute Gasteiger partial charge is 0.385 e. The molecule has 3 N–H and O–H groups in total. The van der Waals surface area contributed by atoms with Gasteiger partial charge >= 0.3 is 0 Å². The average Bonchev–Trinajstić information content (AvgIpc) is 3.60. The highest BCUT2D eigenvalue weighted by atomic mass is 35.5. The first kappa shape index (κ1) is 26.9. The maximum absolute atomic E-state index is 13.5. The van der Waals surface area contributed by atoms with E-state index in [1.807, 2.05) is 32.0 Å². The van der Waals surface area contributed by atoms with Gasteiger partial charge in [0, 0.05) is 30.7 Å². The van der Waals surface area contributed by atoms with Crippen LogP contribution in [0.5, 0.6) is 0 Å². The molecule has 0 bridgehead atoms. The lowest BCUT2D eigenvalue weighted by Gasteiger charge is -2.40. The molecular weight excluding hydrogens is 476 g/mol. The van der Waals surface area contributed by atoms with Gasteiger partial charge in [0.25, 0.3) is 0 Å². The second-order valence-corrected chi connectivity index (χ2v) is 12.1. The molecule has 1 fully saturated rings. The number of benzene rings is 1. The van der Waals surface area contributed by atoms with Gasteiger partial charge in [0.2, 0.25) is 11.8 Å². The van der Waals surface area contributed by atoms with Crippen molar-refractivity contribution in [2.45, 2.75) is 90.3 Å². The third-order valence-electron chi connectivity index (χ3n) is 8.51. The fraction of sp³-hybridized carbons (Fsp3) is 0.679. The van der Waals surface area contributed by atoms with E-state index in [2.05, 4.69) is 19.2 Å². The molecule has 1 aromatic rings. The maximum atomic E-state index is 13.5. The van der Waals surface area contributed by atoms with Gasteiger partial charge in [-0.1, -0.05) is 45.4 Å². The van der Waals surface area contributed by atoms with Gasteiger partial charge in [0.1, 0.15) is 0 Å². The molecule has 0 aromatic heterocycles. The van der Waals surface area contributed by atoms with Crippen LogP contribution in [0.1, 0.15) is 83.4 Å². The Morgan fingerprint density at radius 3 is 2.67 bits per heavy atom. The van der Waals surface area contributed by atoms with Gasteiger partial charge < -0.3 is 15.8 Å². The third-order valence-corrected chi connectivity index (χ3v) is 8.74. The SMILES string of the molecule is CCC1(CC)CC(=O)N([C@H](CCOC)[C@H]2C[C@@H]2C(=O)N[C@H]2CC(C)(C)Cc3cc(Cl)ccc32)C(N)=N1. The standard InChI is InChI=1S/C28H41ClN4O3/c1-6-28(7-2)16-24(34)33(26(30)32-28)23(10-11-36-5)20-13-21(20)25(35)31-22-15-27(3,4)14-17-12-18(29)8-9-19(17)22/h8-9,12,20-23H,6-7,10-11,13-16H2,1-5H3,(H2,30,32)(H,31,35)/t20-,21-,22-,23+/m0/s1. The molecule has 0 saturated heterocycles. The zero-order valence-corrected chi connectivity index (χ0v) is 23.0. The number of guanidine groups is 1. The van der Waals surface area contributed by atoms with Crippen LogP contribution in [0, 0.1) is 17.3 Å². The number of ether oxygens (including phenoxy) is 1. The van der Waals surface area contributed by atoms with Crippen LogP contribution in [0.15, 0.2) is 23.2 Å². The number of rotatable bonds is 9. The van der Waals surface area contributed by atoms with E-state index in [0.29, 0.717) is 19.4 Å². The number of hydrogen-bond donors (Lipinski definition) is 2. The molecule has 4 rings (SSSR count). The zero-order chi connectivity index (χ0) is 26.3. The highest BCUT2D eigenvalue weighted by molar-refractivity contribution is 6.30. The van der Waals surface area contributed by atoms with Crippen LogP contribution in [0.25, 0.3) is 0 Å². The number of fused-ring (bicyclic) bond motifs is 1. The number of aliphatic imine (C=N–C) groups is 1. The Bertz CT molecular complexity index is 1040. The Balaban J connectivity index is 1.51. The van der Waals surface area contributed by atoms with Gasteiger partial charge in [-0.2, -0.15) is 0 Å². The number of hydrogen-bond acceptors (Lipinski definition) is 5. The lowest BCUT2D eigenvalue weighted by atomic mass is 9.72. The van der Waals surface area contributed by atoms with Crippen LogP contribution < -0.4 is 11.1 Å². The summed E-state index contributed by atoms with van der Waals surface area (Å²) in [6, 6.07) is 5.72. The second kappa shape index (κ2) is 10.3. The Morgan fingerprint density at radius 2 is 2.03 bits per heavy atom. The molecule has 0 unspecified atom stereocenters. The summed E-state index contributed by atoms with van der Waals surface area (Å²) in [6.45, 7) is 9.04. The molecule has 0 radical (unpaired) electrons. The van der Waals surface area contributed by atoms with Crippen LogP contribution in [0.4, 0.5) is 0 Å². The number of carbonyl (C=O) groups excluding carboxylic acids is 2. The van der Waals surface area contributed by atoms with E-state index in [4.69, 9.17) is 27.1 Å². The van der Waals surface area contributed by atoms with E-state index < -0.39 is 5.54 Å². The van der Waals surface area contributed by atoms with Crippen molar-refractivity contribution in [3.63, 3.8) is 0 Å². The minimum absolute atomic E-state index is 0.00167. The number of amides is 2. The monoisotopic (exact) mass is 516 g/mol. The van der Waals surface area contributed by atoms with E-state index in [9.17, 15) is 9.59 Å². The Hall–Kier alpha value is -2.12. The first-order chi connectivity index (χ1) is 17.0. The lowest BCUT2D eigenvalue weighted by Crippen LogP contribution is -2.56. The minimum Gasteiger partial charge on any atom is -0.385 e. The van der Waals surface area contributed by atoms with E-state index in [-0.39, 0.29) is 47.1 Å². The summed E-state index contributed by atoms with van der Waals surface area (Å²) < 4.78 is 5.35. The van der Waals surface area contributed by atoms with Crippen molar-refractivity contribution in [2.24, 2.45) is 28.0 Å². The summed E-state index contributed by atoms with van der Waals surface area (Å²) in [6.07, 6.45) is 5.05. The second-order valence-electron chi connectivity index (χ2n) is 11.6. The summed E-state index contributed by atoms with van der Waals surface area (Å²) in [5.41, 5.74) is 8.40. The molecule has 4 atom stereocenters. The lowest BCUT2D eigenvalue weighted by molar-refractivity contribution is -0.133. The predicted molar refractivity (Wildman–Crippen MR) is 143 cm³/mol. The van der Waals surface area contributed by atoms with E-state index in [0.717, 1.165) is 42.7 Å². The van der Waals surface area contributed by atoms with Gasteiger partial charge in [-0.25, -0.2) is 4.99 Å². The van der Waals surface area contributed by atoms with Crippen molar-refractivity contribution >= 4 is 29.4 Å². The topological polar surface area (TPSA) is 97.0 Å². The van der Waals surface area contributed by atoms with Crippen molar-refractivity contribution in [2.75, 3.05) is 13.7 Å². The van der Waals surface area contributed by atoms with Gasteiger partial charge in [0.15, 0.2) is 5.96 Å². The molecule has 1 heterocycles. The summed E-state index contributed by atoms with van der Waals surface area (Å²) in [5.74, 6) is 0.203. The normalized spacial score (nSPS) is 27.2. The summed E-state index contributed by atoms with van der Waals surface area (Å²) in [4.78, 5) is 33.2. The molecule has 8 heteroatoms. The van der Waals surface area contributed by atoms with Crippen LogP contribution in [0.2, 0.25) is 5.02 Å². The number of halogens is 1. The van der Waals surface area contributed by atoms with Gasteiger partial charge in [-0.15, -0.1) is 0 Å². The molecule has 3 aliphatic rings. The van der Waals surface area contributed by atoms with Gasteiger partial charge in [0.05, 0.1) is 18.0 Å². The van der Waals surface area contributed by atoms with Crippen molar-refractivity contribution in [3.8, 4) is 0 Å². The molecule has 1 aliphatic heterocycles. The van der Waals surface area contributed by atoms with Crippen LogP contribution >= 0.6 is 11.6 Å². The highest BCUT2D eigenvalue weighted by Crippen LogP contribution is 2.47. The third kappa shape index (κ3) is 5.42. The predicted octanol–water partition coefficient (Wildman–Crippen LogP) is 4.62. The highest BCUT2D eigenvalue weighted by Gasteiger charge is 2.53. The maximum Gasteiger partial charge on any atom is 0.231 e. The minimum atomic E-state index is -0.423. The zero-order valence-electron chi connectivity index (χ0n) is 22.3. The quantitative estimate of drug-likeness (QED) is 0.500. The molecule has 0 spiro atoms. The molecule has 7 nitrogen and oxygen atoms in total. The molecule has 2 amide bonds. The number of nitrogens with one attached hydrogen (secondary N) is 1. The number of nitrogens with two attached hydrogens (primary N) is 1. The van der Waals surface area contributed by atoms with Crippen LogP contribution in [0.3, 0.4) is 0 Å². The van der Waals surface area contributed by atoms with Gasteiger partial charge in [-0.05, 0) is 73.1 Å².